The zero-order valence-electron chi connectivity index (χ0n) is 14.8. The lowest BCUT2D eigenvalue weighted by Gasteiger charge is -2.11. The first-order chi connectivity index (χ1) is 13.2. The summed E-state index contributed by atoms with van der Waals surface area (Å²) in [7, 11) is 1.64. The van der Waals surface area contributed by atoms with E-state index in [0.717, 1.165) is 32.7 Å². The minimum absolute atomic E-state index is 0.259. The Morgan fingerprint density at radius 1 is 1.04 bits per heavy atom. The molecule has 2 heterocycles. The van der Waals surface area contributed by atoms with Crippen LogP contribution in [0.25, 0.3) is 21.3 Å². The molecule has 0 fully saturated rings. The van der Waals surface area contributed by atoms with E-state index in [4.69, 9.17) is 9.72 Å². The van der Waals surface area contributed by atoms with Crippen molar-refractivity contribution in [2.75, 3.05) is 12.4 Å². The Hall–Kier alpha value is -2.96. The summed E-state index contributed by atoms with van der Waals surface area (Å²) in [6.07, 6.45) is 0. The van der Waals surface area contributed by atoms with Crippen LogP contribution >= 0.6 is 11.3 Å². The van der Waals surface area contributed by atoms with Gasteiger partial charge in [0.2, 0.25) is 0 Å². The summed E-state index contributed by atoms with van der Waals surface area (Å²) in [4.78, 5) is 10.3. The molecule has 27 heavy (non-hydrogen) atoms. The van der Waals surface area contributed by atoms with E-state index in [1.165, 1.54) is 0 Å². The van der Waals surface area contributed by atoms with Gasteiger partial charge >= 0.3 is 0 Å². The number of anilines is 1. The zero-order valence-corrected chi connectivity index (χ0v) is 15.7. The maximum absolute atomic E-state index is 9.46. The van der Waals surface area contributed by atoms with E-state index in [-0.39, 0.29) is 5.75 Å². The number of thiophene rings is 1. The second-order valence-electron chi connectivity index (χ2n) is 6.14. The Balaban J connectivity index is 1.75. The normalized spacial score (nSPS) is 11.0. The molecule has 0 bridgehead atoms. The number of fused-ring (bicyclic) bond motifs is 1. The number of aromatic hydroxyl groups is 1. The van der Waals surface area contributed by atoms with E-state index in [2.05, 4.69) is 27.8 Å². The van der Waals surface area contributed by atoms with Crippen LogP contribution in [0.3, 0.4) is 0 Å². The molecule has 0 amide bonds. The van der Waals surface area contributed by atoms with Crippen LogP contribution in [0, 0.1) is 0 Å². The van der Waals surface area contributed by atoms with Crippen LogP contribution in [0.5, 0.6) is 5.75 Å². The lowest BCUT2D eigenvalue weighted by Crippen LogP contribution is -2.06. The molecule has 4 rings (SSSR count). The molecule has 0 aliphatic rings. The van der Waals surface area contributed by atoms with Crippen molar-refractivity contribution >= 4 is 27.4 Å². The number of rotatable bonds is 6. The van der Waals surface area contributed by atoms with Crippen molar-refractivity contribution in [3.05, 3.63) is 71.4 Å². The van der Waals surface area contributed by atoms with Gasteiger partial charge in [0, 0.05) is 24.6 Å². The smallest absolute Gasteiger partial charge is 0.158 e. The minimum atomic E-state index is 0.259. The van der Waals surface area contributed by atoms with Crippen LogP contribution in [0.2, 0.25) is 0 Å². The molecule has 0 saturated heterocycles. The van der Waals surface area contributed by atoms with Crippen LogP contribution in [0.1, 0.15) is 11.4 Å². The molecule has 0 spiro atoms. The van der Waals surface area contributed by atoms with Crippen molar-refractivity contribution in [2.24, 2.45) is 0 Å². The number of benzene rings is 2. The van der Waals surface area contributed by atoms with Gasteiger partial charge in [0.1, 0.15) is 23.0 Å². The van der Waals surface area contributed by atoms with E-state index >= 15 is 0 Å². The highest BCUT2D eigenvalue weighted by atomic mass is 32.1. The van der Waals surface area contributed by atoms with Crippen molar-refractivity contribution < 1.29 is 9.84 Å². The van der Waals surface area contributed by atoms with Crippen molar-refractivity contribution in [3.8, 4) is 16.9 Å². The molecule has 0 unspecified atom stereocenters. The monoisotopic (exact) mass is 377 g/mol. The van der Waals surface area contributed by atoms with Crippen LogP contribution in [-0.4, -0.2) is 22.2 Å². The summed E-state index contributed by atoms with van der Waals surface area (Å²) in [6, 6.07) is 17.4. The predicted molar refractivity (Wildman–Crippen MR) is 109 cm³/mol. The average molecular weight is 377 g/mol. The van der Waals surface area contributed by atoms with Gasteiger partial charge in [-0.25, -0.2) is 9.97 Å². The number of aromatic nitrogens is 2. The van der Waals surface area contributed by atoms with Gasteiger partial charge in [-0.2, -0.15) is 0 Å². The van der Waals surface area contributed by atoms with Gasteiger partial charge in [-0.1, -0.05) is 42.5 Å². The van der Waals surface area contributed by atoms with Gasteiger partial charge in [-0.15, -0.1) is 11.3 Å². The van der Waals surface area contributed by atoms with Crippen molar-refractivity contribution in [2.45, 2.75) is 13.2 Å². The second kappa shape index (κ2) is 7.73. The van der Waals surface area contributed by atoms with Gasteiger partial charge in [0.05, 0.1) is 5.39 Å². The largest absolute Gasteiger partial charge is 0.508 e. The number of nitrogens with zero attached hydrogens (tertiary/aromatic N) is 2. The number of methoxy groups -OCH3 is 1. The molecule has 136 valence electrons. The van der Waals surface area contributed by atoms with E-state index in [9.17, 15) is 5.11 Å². The summed E-state index contributed by atoms with van der Waals surface area (Å²) in [6.45, 7) is 0.964. The Labute approximate surface area is 161 Å². The maximum Gasteiger partial charge on any atom is 0.158 e. The molecular formula is C21H19N3O2S. The predicted octanol–water partition coefficient (Wildman–Crippen LogP) is 4.82. The highest BCUT2D eigenvalue weighted by Crippen LogP contribution is 2.37. The summed E-state index contributed by atoms with van der Waals surface area (Å²) in [5, 5.41) is 16.0. The lowest BCUT2D eigenvalue weighted by atomic mass is 10.1. The third kappa shape index (κ3) is 3.77. The number of phenols is 1. The molecule has 0 aliphatic carbocycles. The number of phenolic OH excluding ortho intramolecular Hbond substituents is 1. The molecule has 2 aromatic heterocycles. The summed E-state index contributed by atoms with van der Waals surface area (Å²) in [5.74, 6) is 1.70. The summed E-state index contributed by atoms with van der Waals surface area (Å²) in [5.41, 5.74) is 3.32. The first kappa shape index (κ1) is 17.5. The Kier molecular flexibility index (Phi) is 5.00. The van der Waals surface area contributed by atoms with Crippen LogP contribution < -0.4 is 5.32 Å². The fourth-order valence-corrected chi connectivity index (χ4v) is 3.90. The summed E-state index contributed by atoms with van der Waals surface area (Å²) >= 11 is 1.61. The van der Waals surface area contributed by atoms with Gasteiger partial charge in [0.25, 0.3) is 0 Å². The van der Waals surface area contributed by atoms with Gasteiger partial charge < -0.3 is 15.2 Å². The molecule has 5 nitrogen and oxygen atoms in total. The number of hydrogen-bond acceptors (Lipinski definition) is 6. The van der Waals surface area contributed by atoms with Gasteiger partial charge in [-0.05, 0) is 23.3 Å². The van der Waals surface area contributed by atoms with Crippen molar-refractivity contribution in [1.82, 2.24) is 9.97 Å². The van der Waals surface area contributed by atoms with E-state index in [1.54, 1.807) is 30.6 Å². The Bertz CT molecular complexity index is 1050. The van der Waals surface area contributed by atoms with Crippen molar-refractivity contribution in [1.29, 1.82) is 0 Å². The molecule has 0 radical (unpaired) electrons. The number of hydrogen-bond donors (Lipinski definition) is 2. The van der Waals surface area contributed by atoms with E-state index in [1.807, 2.05) is 30.3 Å². The van der Waals surface area contributed by atoms with Crippen LogP contribution in [0.4, 0.5) is 5.82 Å². The topological polar surface area (TPSA) is 67.3 Å². The third-order valence-corrected chi connectivity index (χ3v) is 5.11. The summed E-state index contributed by atoms with van der Waals surface area (Å²) < 4.78 is 5.22. The van der Waals surface area contributed by atoms with Gasteiger partial charge in [-0.3, -0.25) is 0 Å². The number of ether oxygens (including phenoxy) is 1. The molecule has 6 heteroatoms. The van der Waals surface area contributed by atoms with Crippen LogP contribution in [0.15, 0.2) is 60.0 Å². The van der Waals surface area contributed by atoms with Crippen LogP contribution in [-0.2, 0) is 17.9 Å². The molecule has 4 aromatic rings. The average Bonchev–Trinajstić information content (AvgIpc) is 3.12. The van der Waals surface area contributed by atoms with Crippen molar-refractivity contribution in [3.63, 3.8) is 0 Å². The second-order valence-corrected chi connectivity index (χ2v) is 7.00. The van der Waals surface area contributed by atoms with Gasteiger partial charge in [0.15, 0.2) is 5.82 Å². The van der Waals surface area contributed by atoms with E-state index < -0.39 is 0 Å². The highest BCUT2D eigenvalue weighted by molar-refractivity contribution is 7.17. The number of nitrogens with one attached hydrogen (secondary N) is 1. The molecule has 0 atom stereocenters. The highest BCUT2D eigenvalue weighted by Gasteiger charge is 2.15. The quantitative estimate of drug-likeness (QED) is 0.504. The lowest BCUT2D eigenvalue weighted by molar-refractivity contribution is 0.178. The molecule has 0 saturated carbocycles. The molecular weight excluding hydrogens is 358 g/mol. The minimum Gasteiger partial charge on any atom is -0.508 e. The standard InChI is InChI=1S/C21H19N3O2S/c1-26-12-18-23-20(22-11-14-7-9-16(25)10-8-14)19-17(13-27-21(19)24-18)15-5-3-2-4-6-15/h2-10,13,25H,11-12H2,1H3,(H,22,23,24). The Morgan fingerprint density at radius 2 is 1.81 bits per heavy atom. The Morgan fingerprint density at radius 3 is 2.56 bits per heavy atom. The first-order valence-electron chi connectivity index (χ1n) is 8.59. The molecule has 2 N–H and O–H groups in total. The SMILES string of the molecule is COCc1nc(NCc2ccc(O)cc2)c2c(-c3ccccc3)csc2n1. The third-order valence-electron chi connectivity index (χ3n) is 4.23. The fourth-order valence-electron chi connectivity index (χ4n) is 2.94. The van der Waals surface area contributed by atoms with E-state index in [0.29, 0.717) is 19.0 Å². The molecule has 2 aromatic carbocycles. The maximum atomic E-state index is 9.46. The molecule has 0 aliphatic heterocycles. The zero-order chi connectivity index (χ0) is 18.6. The fraction of sp³-hybridized carbons (Fsp3) is 0.143. The first-order valence-corrected chi connectivity index (χ1v) is 9.47.